The Morgan fingerprint density at radius 3 is 2.80 bits per heavy atom. The number of fused-ring (bicyclic) bond motifs is 1. The SMILES string of the molecule is CC1(C)CCCC2(CC1)C[C@H](O)c1ccc(Br)cc1O2. The number of rotatable bonds is 0. The first-order chi connectivity index (χ1) is 9.39. The molecule has 1 aliphatic carbocycles. The van der Waals surface area contributed by atoms with E-state index in [2.05, 4.69) is 29.8 Å². The average molecular weight is 339 g/mol. The predicted octanol–water partition coefficient (Wildman–Crippen LogP) is 4.99. The van der Waals surface area contributed by atoms with Gasteiger partial charge in [-0.2, -0.15) is 0 Å². The fourth-order valence-corrected chi connectivity index (χ4v) is 3.96. The summed E-state index contributed by atoms with van der Waals surface area (Å²) >= 11 is 3.49. The molecule has 0 aromatic heterocycles. The Morgan fingerprint density at radius 1 is 1.20 bits per heavy atom. The maximum Gasteiger partial charge on any atom is 0.127 e. The summed E-state index contributed by atoms with van der Waals surface area (Å²) in [7, 11) is 0. The quantitative estimate of drug-likeness (QED) is 0.721. The first-order valence-corrected chi connectivity index (χ1v) is 8.35. The minimum absolute atomic E-state index is 0.166. The highest BCUT2D eigenvalue weighted by atomic mass is 79.9. The zero-order valence-electron chi connectivity index (χ0n) is 12.3. The van der Waals surface area contributed by atoms with E-state index in [0.29, 0.717) is 5.41 Å². The van der Waals surface area contributed by atoms with Gasteiger partial charge in [0.2, 0.25) is 0 Å². The third-order valence-corrected chi connectivity index (χ3v) is 5.46. The summed E-state index contributed by atoms with van der Waals surface area (Å²) < 4.78 is 7.40. The standard InChI is InChI=1S/C17H23BrO2/c1-16(2)6-3-7-17(9-8-16)11-14(19)13-5-4-12(18)10-15(13)20-17/h4-5,10,14,19H,3,6-9,11H2,1-2H3/t14-,17?/m0/s1. The summed E-state index contributed by atoms with van der Waals surface area (Å²) in [5.74, 6) is 0.859. The van der Waals surface area contributed by atoms with E-state index in [0.717, 1.165) is 35.0 Å². The molecular formula is C17H23BrO2. The van der Waals surface area contributed by atoms with Crippen LogP contribution in [0.4, 0.5) is 0 Å². The summed E-state index contributed by atoms with van der Waals surface area (Å²) in [5, 5.41) is 10.5. The Hall–Kier alpha value is -0.540. The average Bonchev–Trinajstić information content (AvgIpc) is 2.49. The molecular weight excluding hydrogens is 316 g/mol. The van der Waals surface area contributed by atoms with Crippen LogP contribution in [0, 0.1) is 5.41 Å². The van der Waals surface area contributed by atoms with Crippen LogP contribution < -0.4 is 4.74 Å². The Bertz CT molecular complexity index is 512. The lowest BCUT2D eigenvalue weighted by Gasteiger charge is -2.41. The van der Waals surface area contributed by atoms with Gasteiger partial charge in [-0.15, -0.1) is 0 Å². The number of aliphatic hydroxyl groups is 1. The fraction of sp³-hybridized carbons (Fsp3) is 0.647. The minimum atomic E-state index is -0.395. The number of benzene rings is 1. The van der Waals surface area contributed by atoms with Crippen molar-refractivity contribution in [1.82, 2.24) is 0 Å². The van der Waals surface area contributed by atoms with Gasteiger partial charge >= 0.3 is 0 Å². The zero-order chi connectivity index (χ0) is 14.4. The van der Waals surface area contributed by atoms with Gasteiger partial charge in [0.1, 0.15) is 11.4 Å². The number of ether oxygens (including phenoxy) is 1. The molecule has 1 aromatic rings. The molecule has 110 valence electrons. The molecule has 1 aliphatic heterocycles. The largest absolute Gasteiger partial charge is 0.487 e. The molecule has 0 amide bonds. The van der Waals surface area contributed by atoms with Crippen molar-refractivity contribution >= 4 is 15.9 Å². The van der Waals surface area contributed by atoms with Crippen LogP contribution in [-0.4, -0.2) is 10.7 Å². The molecule has 2 atom stereocenters. The fourth-order valence-electron chi connectivity index (χ4n) is 3.62. The maximum absolute atomic E-state index is 10.5. The van der Waals surface area contributed by atoms with E-state index < -0.39 is 6.10 Å². The normalized spacial score (nSPS) is 32.3. The van der Waals surface area contributed by atoms with Crippen molar-refractivity contribution in [3.8, 4) is 5.75 Å². The van der Waals surface area contributed by atoms with Crippen LogP contribution in [0.1, 0.15) is 64.0 Å². The summed E-state index contributed by atoms with van der Waals surface area (Å²) in [5.41, 5.74) is 1.17. The molecule has 1 heterocycles. The third-order valence-electron chi connectivity index (χ3n) is 4.97. The lowest BCUT2D eigenvalue weighted by molar-refractivity contribution is -0.0260. The zero-order valence-corrected chi connectivity index (χ0v) is 13.9. The van der Waals surface area contributed by atoms with Crippen molar-refractivity contribution in [2.24, 2.45) is 5.41 Å². The van der Waals surface area contributed by atoms with Gasteiger partial charge in [-0.25, -0.2) is 0 Å². The van der Waals surface area contributed by atoms with Gasteiger partial charge in [-0.1, -0.05) is 35.8 Å². The van der Waals surface area contributed by atoms with E-state index in [9.17, 15) is 5.11 Å². The second kappa shape index (κ2) is 5.03. The second-order valence-electron chi connectivity index (χ2n) is 7.20. The molecule has 1 fully saturated rings. The van der Waals surface area contributed by atoms with Crippen molar-refractivity contribution in [2.75, 3.05) is 0 Å². The van der Waals surface area contributed by atoms with Crippen LogP contribution in [0.25, 0.3) is 0 Å². The molecule has 1 N–H and O–H groups in total. The molecule has 1 spiro atoms. The number of hydrogen-bond donors (Lipinski definition) is 1. The van der Waals surface area contributed by atoms with Gasteiger partial charge in [0.05, 0.1) is 6.10 Å². The highest BCUT2D eigenvalue weighted by Gasteiger charge is 2.42. The minimum Gasteiger partial charge on any atom is -0.487 e. The van der Waals surface area contributed by atoms with E-state index in [1.165, 1.54) is 19.3 Å². The molecule has 3 rings (SSSR count). The van der Waals surface area contributed by atoms with Gasteiger partial charge in [-0.3, -0.25) is 0 Å². The van der Waals surface area contributed by atoms with Gasteiger partial charge in [0.15, 0.2) is 0 Å². The van der Waals surface area contributed by atoms with Crippen LogP contribution in [0.2, 0.25) is 0 Å². The van der Waals surface area contributed by atoms with Gasteiger partial charge in [0, 0.05) is 16.5 Å². The highest BCUT2D eigenvalue weighted by Crippen LogP contribution is 2.48. The van der Waals surface area contributed by atoms with Gasteiger partial charge in [-0.05, 0) is 49.7 Å². The van der Waals surface area contributed by atoms with Gasteiger partial charge < -0.3 is 9.84 Å². The smallest absolute Gasteiger partial charge is 0.127 e. The topological polar surface area (TPSA) is 29.5 Å². The van der Waals surface area contributed by atoms with E-state index in [1.807, 2.05) is 18.2 Å². The molecule has 0 saturated heterocycles. The Kier molecular flexibility index (Phi) is 3.62. The lowest BCUT2D eigenvalue weighted by atomic mass is 9.81. The number of hydrogen-bond acceptors (Lipinski definition) is 2. The monoisotopic (exact) mass is 338 g/mol. The van der Waals surface area contributed by atoms with Crippen molar-refractivity contribution in [1.29, 1.82) is 0 Å². The van der Waals surface area contributed by atoms with E-state index in [1.54, 1.807) is 0 Å². The first-order valence-electron chi connectivity index (χ1n) is 7.56. The van der Waals surface area contributed by atoms with Crippen molar-refractivity contribution in [3.05, 3.63) is 28.2 Å². The lowest BCUT2D eigenvalue weighted by Crippen LogP contribution is -2.40. The number of halogens is 1. The van der Waals surface area contributed by atoms with Crippen LogP contribution in [0.15, 0.2) is 22.7 Å². The summed E-state index contributed by atoms with van der Waals surface area (Å²) in [6.07, 6.45) is 6.04. The Labute approximate surface area is 129 Å². The molecule has 3 heteroatoms. The van der Waals surface area contributed by atoms with E-state index in [4.69, 9.17) is 4.74 Å². The number of aliphatic hydroxyl groups excluding tert-OH is 1. The maximum atomic E-state index is 10.5. The molecule has 20 heavy (non-hydrogen) atoms. The van der Waals surface area contributed by atoms with Gasteiger partial charge in [0.25, 0.3) is 0 Å². The van der Waals surface area contributed by atoms with E-state index >= 15 is 0 Å². The van der Waals surface area contributed by atoms with Crippen LogP contribution >= 0.6 is 15.9 Å². The first kappa shape index (κ1) is 14.4. The van der Waals surface area contributed by atoms with Crippen molar-refractivity contribution in [3.63, 3.8) is 0 Å². The molecule has 2 nitrogen and oxygen atoms in total. The van der Waals surface area contributed by atoms with Crippen molar-refractivity contribution < 1.29 is 9.84 Å². The van der Waals surface area contributed by atoms with E-state index in [-0.39, 0.29) is 5.60 Å². The summed E-state index contributed by atoms with van der Waals surface area (Å²) in [4.78, 5) is 0. The molecule has 1 aromatic carbocycles. The molecule has 1 saturated carbocycles. The van der Waals surface area contributed by atoms with Crippen LogP contribution in [0.5, 0.6) is 5.75 Å². The summed E-state index contributed by atoms with van der Waals surface area (Å²) in [6, 6.07) is 5.94. The third kappa shape index (κ3) is 2.75. The van der Waals surface area contributed by atoms with Crippen molar-refractivity contribution in [2.45, 2.75) is 64.1 Å². The second-order valence-corrected chi connectivity index (χ2v) is 8.12. The molecule has 2 aliphatic rings. The molecule has 0 bridgehead atoms. The summed E-state index contributed by atoms with van der Waals surface area (Å²) in [6.45, 7) is 4.69. The Balaban J connectivity index is 1.90. The Morgan fingerprint density at radius 2 is 2.00 bits per heavy atom. The predicted molar refractivity (Wildman–Crippen MR) is 83.9 cm³/mol. The molecule has 1 unspecified atom stereocenters. The highest BCUT2D eigenvalue weighted by molar-refractivity contribution is 9.10. The van der Waals surface area contributed by atoms with Crippen LogP contribution in [-0.2, 0) is 0 Å². The molecule has 0 radical (unpaired) electrons. The van der Waals surface area contributed by atoms with Crippen LogP contribution in [0.3, 0.4) is 0 Å².